The maximum atomic E-state index is 10.9. The Kier molecular flexibility index (Phi) is 1.67. The van der Waals surface area contributed by atoms with Crippen molar-refractivity contribution in [2.75, 3.05) is 0 Å². The highest BCUT2D eigenvalue weighted by Crippen LogP contribution is 2.43. The van der Waals surface area contributed by atoms with E-state index in [1.165, 1.54) is 0 Å². The largest absolute Gasteiger partial charge is 0.462 e. The predicted molar refractivity (Wildman–Crippen MR) is 41.3 cm³/mol. The number of carbonyl (C=O) groups excluding carboxylic acids is 2. The van der Waals surface area contributed by atoms with Crippen LogP contribution < -0.4 is 0 Å². The van der Waals surface area contributed by atoms with Crippen molar-refractivity contribution in [1.29, 1.82) is 0 Å². The lowest BCUT2D eigenvalue weighted by Gasteiger charge is -2.10. The van der Waals surface area contributed by atoms with Crippen molar-refractivity contribution in [3.8, 4) is 0 Å². The molecule has 0 radical (unpaired) electrons. The first kappa shape index (κ1) is 7.77. The average molecular weight is 168 g/mol. The number of rotatable bonds is 1. The molecule has 12 heavy (non-hydrogen) atoms. The highest BCUT2D eigenvalue weighted by molar-refractivity contribution is 5.73. The number of aldehydes is 1. The molecule has 3 heteroatoms. The molecule has 4 atom stereocenters. The summed E-state index contributed by atoms with van der Waals surface area (Å²) in [6, 6.07) is 0. The fraction of sp³-hybridized carbons (Fsp3) is 0.778. The van der Waals surface area contributed by atoms with E-state index in [1.807, 2.05) is 6.92 Å². The van der Waals surface area contributed by atoms with Gasteiger partial charge in [-0.05, 0) is 12.3 Å². The molecule has 0 amide bonds. The van der Waals surface area contributed by atoms with E-state index in [-0.39, 0.29) is 23.9 Å². The standard InChI is InChI=1S/C9H12O3/c1-5-2-8-6(7(5)4-10)3-9(11)12-8/h4-8H,2-3H2,1H3/t5-,6-,7?,8?/m1/s1. The van der Waals surface area contributed by atoms with E-state index < -0.39 is 0 Å². The summed E-state index contributed by atoms with van der Waals surface area (Å²) < 4.78 is 5.09. The molecule has 1 saturated carbocycles. The fourth-order valence-electron chi connectivity index (χ4n) is 2.42. The Bertz CT molecular complexity index is 224. The molecule has 2 aliphatic rings. The Morgan fingerprint density at radius 3 is 3.00 bits per heavy atom. The summed E-state index contributed by atoms with van der Waals surface area (Å²) in [5.74, 6) is 0.459. The second kappa shape index (κ2) is 2.57. The second-order valence-corrected chi connectivity index (χ2v) is 3.82. The number of ether oxygens (including phenoxy) is 1. The molecule has 0 bridgehead atoms. The average Bonchev–Trinajstić information content (AvgIpc) is 2.43. The summed E-state index contributed by atoms with van der Waals surface area (Å²) in [7, 11) is 0. The molecule has 0 aromatic heterocycles. The van der Waals surface area contributed by atoms with Crippen LogP contribution in [0.5, 0.6) is 0 Å². The van der Waals surface area contributed by atoms with Crippen molar-refractivity contribution in [1.82, 2.24) is 0 Å². The van der Waals surface area contributed by atoms with E-state index >= 15 is 0 Å². The third-order valence-corrected chi connectivity index (χ3v) is 3.08. The Labute approximate surface area is 71.1 Å². The summed E-state index contributed by atoms with van der Waals surface area (Å²) in [6.45, 7) is 2.05. The molecule has 0 aromatic carbocycles. The van der Waals surface area contributed by atoms with Crippen molar-refractivity contribution in [2.45, 2.75) is 25.9 Å². The van der Waals surface area contributed by atoms with Crippen LogP contribution in [0.1, 0.15) is 19.8 Å². The molecule has 1 aliphatic carbocycles. The summed E-state index contributed by atoms with van der Waals surface area (Å²) in [4.78, 5) is 21.6. The predicted octanol–water partition coefficient (Wildman–Crippen LogP) is 0.773. The number of hydrogen-bond donors (Lipinski definition) is 0. The Balaban J connectivity index is 2.16. The lowest BCUT2D eigenvalue weighted by molar-refractivity contribution is -0.141. The van der Waals surface area contributed by atoms with Crippen LogP contribution in [-0.4, -0.2) is 18.4 Å². The van der Waals surface area contributed by atoms with E-state index in [9.17, 15) is 9.59 Å². The first-order valence-corrected chi connectivity index (χ1v) is 4.37. The Morgan fingerprint density at radius 2 is 2.33 bits per heavy atom. The molecule has 3 nitrogen and oxygen atoms in total. The lowest BCUT2D eigenvalue weighted by Crippen LogP contribution is -2.16. The van der Waals surface area contributed by atoms with Gasteiger partial charge in [0.15, 0.2) is 0 Å². The SMILES string of the molecule is C[C@@H]1CC2OC(=O)C[C@@H]2C1C=O. The Hall–Kier alpha value is -0.860. The van der Waals surface area contributed by atoms with Gasteiger partial charge in [0.05, 0.1) is 6.42 Å². The van der Waals surface area contributed by atoms with Crippen LogP contribution in [0.3, 0.4) is 0 Å². The zero-order valence-corrected chi connectivity index (χ0v) is 7.03. The van der Waals surface area contributed by atoms with Gasteiger partial charge in [0, 0.05) is 11.8 Å². The first-order valence-electron chi connectivity index (χ1n) is 4.37. The van der Waals surface area contributed by atoms with Gasteiger partial charge in [-0.1, -0.05) is 6.92 Å². The van der Waals surface area contributed by atoms with E-state index in [0.29, 0.717) is 12.3 Å². The molecule has 66 valence electrons. The van der Waals surface area contributed by atoms with Crippen molar-refractivity contribution < 1.29 is 14.3 Å². The van der Waals surface area contributed by atoms with Crippen molar-refractivity contribution in [2.24, 2.45) is 17.8 Å². The van der Waals surface area contributed by atoms with Gasteiger partial charge in [-0.15, -0.1) is 0 Å². The smallest absolute Gasteiger partial charge is 0.306 e. The quantitative estimate of drug-likeness (QED) is 0.429. The third-order valence-electron chi connectivity index (χ3n) is 3.08. The zero-order valence-electron chi connectivity index (χ0n) is 7.03. The van der Waals surface area contributed by atoms with Gasteiger partial charge >= 0.3 is 5.97 Å². The Morgan fingerprint density at radius 1 is 1.58 bits per heavy atom. The number of fused-ring (bicyclic) bond motifs is 1. The normalized spacial score (nSPS) is 45.6. The van der Waals surface area contributed by atoms with Crippen LogP contribution in [0.4, 0.5) is 0 Å². The van der Waals surface area contributed by atoms with Gasteiger partial charge in [-0.3, -0.25) is 4.79 Å². The van der Waals surface area contributed by atoms with Crippen LogP contribution in [0, 0.1) is 17.8 Å². The topological polar surface area (TPSA) is 43.4 Å². The fourth-order valence-corrected chi connectivity index (χ4v) is 2.42. The van der Waals surface area contributed by atoms with Gasteiger partial charge in [-0.25, -0.2) is 0 Å². The highest BCUT2D eigenvalue weighted by atomic mass is 16.6. The van der Waals surface area contributed by atoms with E-state index in [0.717, 1.165) is 12.7 Å². The molecule has 1 heterocycles. The second-order valence-electron chi connectivity index (χ2n) is 3.82. The molecule has 1 aliphatic heterocycles. The summed E-state index contributed by atoms with van der Waals surface area (Å²) in [5.41, 5.74) is 0. The molecule has 2 rings (SSSR count). The monoisotopic (exact) mass is 168 g/mol. The molecule has 0 N–H and O–H groups in total. The van der Waals surface area contributed by atoms with Crippen LogP contribution in [0.2, 0.25) is 0 Å². The zero-order chi connectivity index (χ0) is 8.72. The van der Waals surface area contributed by atoms with Crippen LogP contribution in [0.15, 0.2) is 0 Å². The van der Waals surface area contributed by atoms with Crippen molar-refractivity contribution in [3.63, 3.8) is 0 Å². The lowest BCUT2D eigenvalue weighted by atomic mass is 9.90. The molecular formula is C9H12O3. The van der Waals surface area contributed by atoms with Crippen molar-refractivity contribution >= 4 is 12.3 Å². The van der Waals surface area contributed by atoms with Gasteiger partial charge in [0.2, 0.25) is 0 Å². The number of carbonyl (C=O) groups is 2. The van der Waals surface area contributed by atoms with E-state index in [2.05, 4.69) is 0 Å². The maximum absolute atomic E-state index is 10.9. The summed E-state index contributed by atoms with van der Waals surface area (Å²) >= 11 is 0. The maximum Gasteiger partial charge on any atom is 0.306 e. The summed E-state index contributed by atoms with van der Waals surface area (Å²) in [6.07, 6.45) is 2.32. The molecule has 2 fully saturated rings. The van der Waals surface area contributed by atoms with Crippen LogP contribution in [0.25, 0.3) is 0 Å². The summed E-state index contributed by atoms with van der Waals surface area (Å²) in [5, 5.41) is 0. The minimum atomic E-state index is -0.135. The van der Waals surface area contributed by atoms with Crippen LogP contribution in [-0.2, 0) is 14.3 Å². The minimum Gasteiger partial charge on any atom is -0.462 e. The molecule has 1 saturated heterocycles. The van der Waals surface area contributed by atoms with E-state index in [1.54, 1.807) is 0 Å². The highest BCUT2D eigenvalue weighted by Gasteiger charge is 2.48. The number of esters is 1. The van der Waals surface area contributed by atoms with Crippen molar-refractivity contribution in [3.05, 3.63) is 0 Å². The third kappa shape index (κ3) is 0.958. The molecule has 0 spiro atoms. The number of hydrogen-bond acceptors (Lipinski definition) is 3. The van der Waals surface area contributed by atoms with Gasteiger partial charge < -0.3 is 9.53 Å². The van der Waals surface area contributed by atoms with E-state index in [4.69, 9.17) is 4.74 Å². The molecular weight excluding hydrogens is 156 g/mol. The molecule has 2 unspecified atom stereocenters. The molecule has 0 aromatic rings. The van der Waals surface area contributed by atoms with Gasteiger partial charge in [0.25, 0.3) is 0 Å². The van der Waals surface area contributed by atoms with Crippen LogP contribution >= 0.6 is 0 Å². The first-order chi connectivity index (χ1) is 5.72. The van der Waals surface area contributed by atoms with Gasteiger partial charge in [0.1, 0.15) is 12.4 Å². The van der Waals surface area contributed by atoms with Gasteiger partial charge in [-0.2, -0.15) is 0 Å². The minimum absolute atomic E-state index is 0.0303.